The molecule has 1 aromatic carbocycles. The summed E-state index contributed by atoms with van der Waals surface area (Å²) < 4.78 is 17.0. The van der Waals surface area contributed by atoms with Gasteiger partial charge in [0.1, 0.15) is 11.9 Å². The van der Waals surface area contributed by atoms with Gasteiger partial charge in [0.25, 0.3) is 0 Å². The third-order valence-corrected chi connectivity index (χ3v) is 4.67. The maximum absolute atomic E-state index is 6.25. The highest BCUT2D eigenvalue weighted by molar-refractivity contribution is 5.46. The minimum atomic E-state index is 0.223. The topological polar surface area (TPSA) is 53.7 Å². The molecule has 1 aliphatic carbocycles. The standard InChI is InChI=1S/C17H25NO3/c1-2-3-12-4-5-13(10-18)16(8-12)21-14-6-7-15-17(9-14)20-11-19-15/h6-7,9,12-13,16H,2-5,8,10-11,18H2,1H3. The Kier molecular flexibility index (Phi) is 4.54. The number of nitrogens with two attached hydrogens (primary N) is 1. The molecule has 0 aromatic heterocycles. The first-order valence-corrected chi connectivity index (χ1v) is 8.06. The number of ether oxygens (including phenoxy) is 3. The van der Waals surface area contributed by atoms with Gasteiger partial charge in [-0.2, -0.15) is 0 Å². The molecule has 3 unspecified atom stereocenters. The minimum absolute atomic E-state index is 0.223. The second-order valence-corrected chi connectivity index (χ2v) is 6.13. The SMILES string of the molecule is CCCC1CCC(CN)C(Oc2ccc3c(c2)OCO3)C1. The molecule has 0 radical (unpaired) electrons. The second-order valence-electron chi connectivity index (χ2n) is 6.13. The van der Waals surface area contributed by atoms with Gasteiger partial charge in [0.2, 0.25) is 6.79 Å². The lowest BCUT2D eigenvalue weighted by atomic mass is 9.78. The average Bonchev–Trinajstić information content (AvgIpc) is 2.95. The first kappa shape index (κ1) is 14.5. The van der Waals surface area contributed by atoms with Gasteiger partial charge in [-0.1, -0.05) is 19.8 Å². The lowest BCUT2D eigenvalue weighted by molar-refractivity contribution is 0.0667. The lowest BCUT2D eigenvalue weighted by Gasteiger charge is -2.35. The van der Waals surface area contributed by atoms with Crippen molar-refractivity contribution in [2.24, 2.45) is 17.6 Å². The van der Waals surface area contributed by atoms with Crippen molar-refractivity contribution in [2.75, 3.05) is 13.3 Å². The van der Waals surface area contributed by atoms with Gasteiger partial charge in [-0.3, -0.25) is 0 Å². The quantitative estimate of drug-likeness (QED) is 0.904. The Bertz CT molecular complexity index is 477. The van der Waals surface area contributed by atoms with Crippen LogP contribution in [0.2, 0.25) is 0 Å². The molecule has 0 bridgehead atoms. The van der Waals surface area contributed by atoms with Crippen molar-refractivity contribution in [1.29, 1.82) is 0 Å². The van der Waals surface area contributed by atoms with Gasteiger partial charge >= 0.3 is 0 Å². The van der Waals surface area contributed by atoms with Gasteiger partial charge in [-0.25, -0.2) is 0 Å². The normalized spacial score (nSPS) is 27.6. The highest BCUT2D eigenvalue weighted by Crippen LogP contribution is 2.38. The van der Waals surface area contributed by atoms with Crippen molar-refractivity contribution < 1.29 is 14.2 Å². The maximum atomic E-state index is 6.25. The number of hydrogen-bond acceptors (Lipinski definition) is 4. The van der Waals surface area contributed by atoms with Crippen LogP contribution in [0.4, 0.5) is 0 Å². The molecule has 0 amide bonds. The van der Waals surface area contributed by atoms with Gasteiger partial charge < -0.3 is 19.9 Å². The Morgan fingerprint density at radius 3 is 2.90 bits per heavy atom. The van der Waals surface area contributed by atoms with E-state index in [4.69, 9.17) is 19.9 Å². The van der Waals surface area contributed by atoms with Crippen LogP contribution in [-0.2, 0) is 0 Å². The zero-order chi connectivity index (χ0) is 14.7. The lowest BCUT2D eigenvalue weighted by Crippen LogP contribution is -2.38. The summed E-state index contributed by atoms with van der Waals surface area (Å²) in [5, 5.41) is 0. The van der Waals surface area contributed by atoms with Crippen LogP contribution in [0.15, 0.2) is 18.2 Å². The number of benzene rings is 1. The van der Waals surface area contributed by atoms with Crippen LogP contribution in [-0.4, -0.2) is 19.4 Å². The zero-order valence-corrected chi connectivity index (χ0v) is 12.7. The Hall–Kier alpha value is -1.42. The van der Waals surface area contributed by atoms with E-state index in [1.807, 2.05) is 18.2 Å². The van der Waals surface area contributed by atoms with Crippen molar-refractivity contribution >= 4 is 0 Å². The highest BCUT2D eigenvalue weighted by atomic mass is 16.7. The Balaban J connectivity index is 1.68. The second kappa shape index (κ2) is 6.56. The van der Waals surface area contributed by atoms with Crippen LogP contribution in [0.5, 0.6) is 17.2 Å². The summed E-state index contributed by atoms with van der Waals surface area (Å²) in [6, 6.07) is 5.81. The fourth-order valence-electron chi connectivity index (χ4n) is 3.48. The van der Waals surface area contributed by atoms with E-state index in [1.54, 1.807) is 0 Å². The largest absolute Gasteiger partial charge is 0.490 e. The van der Waals surface area contributed by atoms with E-state index in [0.29, 0.717) is 19.3 Å². The molecular formula is C17H25NO3. The number of fused-ring (bicyclic) bond motifs is 1. The molecule has 1 aromatic rings. The van der Waals surface area contributed by atoms with Gasteiger partial charge in [-0.15, -0.1) is 0 Å². The van der Waals surface area contributed by atoms with Crippen molar-refractivity contribution in [3.8, 4) is 17.2 Å². The van der Waals surface area contributed by atoms with E-state index in [-0.39, 0.29) is 6.10 Å². The minimum Gasteiger partial charge on any atom is -0.490 e. The first-order valence-electron chi connectivity index (χ1n) is 8.06. The van der Waals surface area contributed by atoms with Gasteiger partial charge in [-0.05, 0) is 43.9 Å². The summed E-state index contributed by atoms with van der Waals surface area (Å²) in [5.41, 5.74) is 5.93. The van der Waals surface area contributed by atoms with Gasteiger partial charge in [0, 0.05) is 12.0 Å². The van der Waals surface area contributed by atoms with Crippen LogP contribution in [0.3, 0.4) is 0 Å². The molecule has 0 spiro atoms. The molecule has 1 fully saturated rings. The van der Waals surface area contributed by atoms with Gasteiger partial charge in [0.15, 0.2) is 11.5 Å². The van der Waals surface area contributed by atoms with E-state index in [0.717, 1.165) is 29.6 Å². The molecule has 4 heteroatoms. The van der Waals surface area contributed by atoms with E-state index in [1.165, 1.54) is 25.7 Å². The predicted molar refractivity (Wildman–Crippen MR) is 81.8 cm³/mol. The third kappa shape index (κ3) is 3.26. The van der Waals surface area contributed by atoms with E-state index < -0.39 is 0 Å². The monoisotopic (exact) mass is 291 g/mol. The fourth-order valence-corrected chi connectivity index (χ4v) is 3.48. The Morgan fingerprint density at radius 1 is 1.24 bits per heavy atom. The predicted octanol–water partition coefficient (Wildman–Crippen LogP) is 3.34. The summed E-state index contributed by atoms with van der Waals surface area (Å²) in [5.74, 6) is 3.67. The van der Waals surface area contributed by atoms with E-state index in [2.05, 4.69) is 6.92 Å². The summed E-state index contributed by atoms with van der Waals surface area (Å²) in [6.45, 7) is 3.25. The van der Waals surface area contributed by atoms with Gasteiger partial charge in [0.05, 0.1) is 0 Å². The Morgan fingerprint density at radius 2 is 2.10 bits per heavy atom. The van der Waals surface area contributed by atoms with Crippen molar-refractivity contribution in [3.63, 3.8) is 0 Å². The Labute approximate surface area is 126 Å². The van der Waals surface area contributed by atoms with Crippen molar-refractivity contribution in [3.05, 3.63) is 18.2 Å². The highest BCUT2D eigenvalue weighted by Gasteiger charge is 2.31. The van der Waals surface area contributed by atoms with Crippen LogP contribution in [0.1, 0.15) is 39.0 Å². The molecular weight excluding hydrogens is 266 g/mol. The molecule has 2 aliphatic rings. The summed E-state index contributed by atoms with van der Waals surface area (Å²) in [4.78, 5) is 0. The van der Waals surface area contributed by atoms with Crippen LogP contribution in [0, 0.1) is 11.8 Å². The molecule has 1 heterocycles. The molecule has 0 saturated heterocycles. The number of hydrogen-bond donors (Lipinski definition) is 1. The molecule has 116 valence electrons. The first-order chi connectivity index (χ1) is 10.3. The van der Waals surface area contributed by atoms with Crippen molar-refractivity contribution in [1.82, 2.24) is 0 Å². The zero-order valence-electron chi connectivity index (χ0n) is 12.7. The molecule has 1 aliphatic heterocycles. The summed E-state index contributed by atoms with van der Waals surface area (Å²) >= 11 is 0. The molecule has 1 saturated carbocycles. The fraction of sp³-hybridized carbons (Fsp3) is 0.647. The van der Waals surface area contributed by atoms with E-state index >= 15 is 0 Å². The summed E-state index contributed by atoms with van der Waals surface area (Å²) in [7, 11) is 0. The van der Waals surface area contributed by atoms with Crippen LogP contribution in [0.25, 0.3) is 0 Å². The molecule has 4 nitrogen and oxygen atoms in total. The van der Waals surface area contributed by atoms with Crippen LogP contribution >= 0.6 is 0 Å². The van der Waals surface area contributed by atoms with E-state index in [9.17, 15) is 0 Å². The molecule has 21 heavy (non-hydrogen) atoms. The third-order valence-electron chi connectivity index (χ3n) is 4.67. The van der Waals surface area contributed by atoms with Crippen molar-refractivity contribution in [2.45, 2.75) is 45.1 Å². The molecule has 3 rings (SSSR count). The number of rotatable bonds is 5. The molecule has 2 N–H and O–H groups in total. The maximum Gasteiger partial charge on any atom is 0.231 e. The molecule has 3 atom stereocenters. The van der Waals surface area contributed by atoms with Crippen LogP contribution < -0.4 is 19.9 Å². The average molecular weight is 291 g/mol. The summed E-state index contributed by atoms with van der Waals surface area (Å²) in [6.07, 6.45) is 6.34. The smallest absolute Gasteiger partial charge is 0.231 e.